The average molecular weight is 157 g/mol. The lowest BCUT2D eigenvalue weighted by Crippen LogP contribution is -2.54. The van der Waals surface area contributed by atoms with E-state index in [1.165, 1.54) is 19.0 Å². The lowest BCUT2D eigenvalue weighted by molar-refractivity contribution is 0.360. The van der Waals surface area contributed by atoms with Crippen LogP contribution in [0.5, 0.6) is 0 Å². The highest BCUT2D eigenvalue weighted by Gasteiger charge is 2.18. The second-order valence-electron chi connectivity index (χ2n) is 3.73. The van der Waals surface area contributed by atoms with Gasteiger partial charge in [0.2, 0.25) is 0 Å². The van der Waals surface area contributed by atoms with Gasteiger partial charge in [-0.3, -0.25) is 5.01 Å². The van der Waals surface area contributed by atoms with Crippen LogP contribution < -0.4 is 5.34 Å². The van der Waals surface area contributed by atoms with Gasteiger partial charge in [0, 0.05) is 0 Å². The first-order chi connectivity index (χ1) is 5.10. The van der Waals surface area contributed by atoms with Crippen LogP contribution in [0, 0.1) is 0 Å². The summed E-state index contributed by atoms with van der Waals surface area (Å²) in [6, 6.07) is 0. The molecule has 0 heterocycles. The van der Waals surface area contributed by atoms with Crippen molar-refractivity contribution in [2.75, 3.05) is 14.1 Å². The number of hydrogen-bond donors (Lipinski definition) is 1. The third kappa shape index (κ3) is 3.26. The highest BCUT2D eigenvalue weighted by molar-refractivity contribution is 6.77. The van der Waals surface area contributed by atoms with Crippen LogP contribution in [0.25, 0.3) is 0 Å². The molecule has 0 unspecified atom stereocenters. The lowest BCUT2D eigenvalue weighted by atomic mass is 9.31. The third-order valence-corrected chi connectivity index (χ3v) is 2.88. The Balaban J connectivity index is 4.05. The fourth-order valence-electron chi connectivity index (χ4n) is 1.69. The maximum atomic E-state index is 3.54. The first-order valence-electron chi connectivity index (χ1n) is 4.75. The molecule has 68 valence electrons. The summed E-state index contributed by atoms with van der Waals surface area (Å²) in [5.41, 5.74) is 0. The van der Waals surface area contributed by atoms with Gasteiger partial charge in [-0.05, 0) is 14.1 Å². The van der Waals surface area contributed by atoms with Crippen LogP contribution in [-0.4, -0.2) is 25.4 Å². The molecule has 0 spiro atoms. The van der Waals surface area contributed by atoms with Crippen LogP contribution in [0.15, 0.2) is 0 Å². The van der Waals surface area contributed by atoms with Crippen molar-refractivity contribution in [2.24, 2.45) is 0 Å². The Kier molecular flexibility index (Phi) is 4.77. The van der Waals surface area contributed by atoms with Crippen molar-refractivity contribution in [3.05, 3.63) is 0 Å². The largest absolute Gasteiger partial charge is 0.424 e. The summed E-state index contributed by atoms with van der Waals surface area (Å²) in [6.07, 6.45) is 3.45. The Morgan fingerprint density at radius 1 is 1.00 bits per heavy atom. The summed E-state index contributed by atoms with van der Waals surface area (Å²) in [4.78, 5) is 0. The van der Waals surface area contributed by atoms with Crippen molar-refractivity contribution in [3.63, 3.8) is 0 Å². The summed E-state index contributed by atoms with van der Waals surface area (Å²) in [5, 5.41) is 5.62. The van der Waals surface area contributed by atoms with E-state index in [0.29, 0.717) is 0 Å². The SMILES string of the molecule is CC[B-](CC)(CC)NN(C)C. The van der Waals surface area contributed by atoms with E-state index < -0.39 is 0 Å². The third-order valence-electron chi connectivity index (χ3n) is 2.88. The minimum Gasteiger partial charge on any atom is -0.424 e. The highest BCUT2D eigenvalue weighted by atomic mass is 15.4. The van der Waals surface area contributed by atoms with E-state index in [0.717, 1.165) is 0 Å². The molecule has 2 nitrogen and oxygen atoms in total. The van der Waals surface area contributed by atoms with E-state index in [1.807, 2.05) is 0 Å². The van der Waals surface area contributed by atoms with Crippen molar-refractivity contribution >= 4 is 6.28 Å². The van der Waals surface area contributed by atoms with E-state index in [1.54, 1.807) is 0 Å². The van der Waals surface area contributed by atoms with E-state index >= 15 is 0 Å². The van der Waals surface area contributed by atoms with Crippen molar-refractivity contribution in [1.82, 2.24) is 10.3 Å². The maximum Gasteiger partial charge on any atom is 0.0744 e. The van der Waals surface area contributed by atoms with E-state index in [9.17, 15) is 0 Å². The van der Waals surface area contributed by atoms with E-state index in [-0.39, 0.29) is 6.28 Å². The maximum absolute atomic E-state index is 3.54. The molecule has 0 radical (unpaired) electrons. The molecule has 0 fully saturated rings. The molecule has 0 aliphatic heterocycles. The molecular weight excluding hydrogens is 135 g/mol. The molecule has 0 saturated carbocycles. The number of hydrogen-bond acceptors (Lipinski definition) is 2. The number of nitrogens with zero attached hydrogens (tertiary/aromatic N) is 1. The molecule has 0 amide bonds. The average Bonchev–Trinajstić information content (AvgIpc) is 2.00. The molecule has 1 N–H and O–H groups in total. The predicted octanol–water partition coefficient (Wildman–Crippen LogP) is 2.06. The minimum atomic E-state index is -0.319. The predicted molar refractivity (Wildman–Crippen MR) is 54.0 cm³/mol. The highest BCUT2D eigenvalue weighted by Crippen LogP contribution is 2.16. The lowest BCUT2D eigenvalue weighted by Gasteiger charge is -2.41. The molecular formula is C8H22BN2-. The van der Waals surface area contributed by atoms with Crippen LogP contribution in [0.2, 0.25) is 19.0 Å². The van der Waals surface area contributed by atoms with E-state index in [2.05, 4.69) is 45.2 Å². The zero-order valence-corrected chi connectivity index (χ0v) is 8.65. The molecule has 0 aliphatic rings. The number of nitrogens with one attached hydrogen (secondary N) is 1. The summed E-state index contributed by atoms with van der Waals surface area (Å²) < 4.78 is 0. The van der Waals surface area contributed by atoms with Gasteiger partial charge in [0.1, 0.15) is 0 Å². The first-order valence-corrected chi connectivity index (χ1v) is 4.75. The van der Waals surface area contributed by atoms with Crippen LogP contribution in [0.4, 0.5) is 0 Å². The van der Waals surface area contributed by atoms with Crippen LogP contribution in [-0.2, 0) is 0 Å². The normalized spacial score (nSPS) is 12.5. The zero-order chi connectivity index (χ0) is 8.91. The first kappa shape index (κ1) is 11.0. The summed E-state index contributed by atoms with van der Waals surface area (Å²) in [6.45, 7) is 6.80. The van der Waals surface area contributed by atoms with Crippen LogP contribution >= 0.6 is 0 Å². The van der Waals surface area contributed by atoms with Crippen molar-refractivity contribution in [3.8, 4) is 0 Å². The molecule has 3 heteroatoms. The molecule has 0 aromatic rings. The van der Waals surface area contributed by atoms with Gasteiger partial charge in [0.15, 0.2) is 0 Å². The molecule has 0 saturated heterocycles. The van der Waals surface area contributed by atoms with Gasteiger partial charge in [-0.15, -0.1) is 0 Å². The molecule has 0 rings (SSSR count). The number of hydrazine groups is 1. The standard InChI is InChI=1S/C8H22BN2/c1-6-9(7-2,8-3)10-11(4)5/h10H,6-8H2,1-5H3/q-1. The van der Waals surface area contributed by atoms with Gasteiger partial charge >= 0.3 is 0 Å². The second-order valence-corrected chi connectivity index (χ2v) is 3.73. The van der Waals surface area contributed by atoms with Crippen molar-refractivity contribution in [1.29, 1.82) is 0 Å². The fraction of sp³-hybridized carbons (Fsp3) is 1.00. The molecule has 0 aromatic heterocycles. The molecule has 0 aliphatic carbocycles. The van der Waals surface area contributed by atoms with Crippen LogP contribution in [0.3, 0.4) is 0 Å². The molecule has 0 bridgehead atoms. The summed E-state index contributed by atoms with van der Waals surface area (Å²) in [5.74, 6) is 0. The van der Waals surface area contributed by atoms with E-state index in [4.69, 9.17) is 0 Å². The summed E-state index contributed by atoms with van der Waals surface area (Å²) in [7, 11) is 4.13. The Hall–Kier alpha value is -0.0151. The van der Waals surface area contributed by atoms with Gasteiger partial charge in [0.05, 0.1) is 6.28 Å². The van der Waals surface area contributed by atoms with Gasteiger partial charge in [-0.25, -0.2) is 0 Å². The van der Waals surface area contributed by atoms with Crippen molar-refractivity contribution in [2.45, 2.75) is 39.7 Å². The second kappa shape index (κ2) is 4.78. The quantitative estimate of drug-likeness (QED) is 0.485. The van der Waals surface area contributed by atoms with Crippen LogP contribution in [0.1, 0.15) is 20.8 Å². The van der Waals surface area contributed by atoms with Gasteiger partial charge in [-0.1, -0.05) is 20.8 Å². The smallest absolute Gasteiger partial charge is 0.0744 e. The Bertz CT molecular complexity index is 92.0. The molecule has 11 heavy (non-hydrogen) atoms. The Morgan fingerprint density at radius 3 is 1.45 bits per heavy atom. The Morgan fingerprint density at radius 2 is 1.36 bits per heavy atom. The van der Waals surface area contributed by atoms with Gasteiger partial charge < -0.3 is 5.34 Å². The molecule has 0 atom stereocenters. The fourth-order valence-corrected chi connectivity index (χ4v) is 1.69. The topological polar surface area (TPSA) is 15.3 Å². The van der Waals surface area contributed by atoms with Gasteiger partial charge in [0.25, 0.3) is 0 Å². The Labute approximate surface area is 71.3 Å². The van der Waals surface area contributed by atoms with Crippen molar-refractivity contribution < 1.29 is 0 Å². The summed E-state index contributed by atoms with van der Waals surface area (Å²) >= 11 is 0. The monoisotopic (exact) mass is 157 g/mol. The molecule has 0 aromatic carbocycles. The number of rotatable bonds is 5. The minimum absolute atomic E-state index is 0.319. The zero-order valence-electron chi connectivity index (χ0n) is 8.65. The van der Waals surface area contributed by atoms with Gasteiger partial charge in [-0.2, -0.15) is 19.0 Å².